The van der Waals surface area contributed by atoms with Crippen LogP contribution in [0.4, 0.5) is 20.2 Å². The van der Waals surface area contributed by atoms with E-state index >= 15 is 0 Å². The first-order valence-corrected chi connectivity index (χ1v) is 8.29. The number of amides is 2. The third kappa shape index (κ3) is 5.40. The quantitative estimate of drug-likeness (QED) is 0.779. The zero-order valence-corrected chi connectivity index (χ0v) is 15.3. The lowest BCUT2D eigenvalue weighted by molar-refractivity contribution is -0.115. The molecule has 6 nitrogen and oxygen atoms in total. The van der Waals surface area contributed by atoms with E-state index in [-0.39, 0.29) is 17.9 Å². The number of hydrogen-bond acceptors (Lipinski definition) is 4. The molecule has 0 aliphatic carbocycles. The lowest BCUT2D eigenvalue weighted by Gasteiger charge is -2.16. The van der Waals surface area contributed by atoms with Crippen LogP contribution in [-0.4, -0.2) is 39.1 Å². The summed E-state index contributed by atoms with van der Waals surface area (Å²) in [6.07, 6.45) is 0. The molecule has 144 valence electrons. The summed E-state index contributed by atoms with van der Waals surface area (Å²) in [7, 11) is 3.02. The minimum absolute atomic E-state index is 0.0316. The Morgan fingerprint density at radius 3 is 2.19 bits per heavy atom. The molecule has 2 aromatic carbocycles. The maximum absolute atomic E-state index is 13.9. The third-order valence-electron chi connectivity index (χ3n) is 3.58. The molecule has 0 aliphatic rings. The molecule has 0 fully saturated rings. The van der Waals surface area contributed by atoms with Crippen molar-refractivity contribution in [3.8, 4) is 5.75 Å². The first kappa shape index (κ1) is 20.2. The summed E-state index contributed by atoms with van der Waals surface area (Å²) in [5, 5.41) is 4.79. The summed E-state index contributed by atoms with van der Waals surface area (Å²) in [5.74, 6) is -2.02. The number of nitrogens with zero attached hydrogens (tertiary/aromatic N) is 1. The summed E-state index contributed by atoms with van der Waals surface area (Å²) in [4.78, 5) is 25.3. The van der Waals surface area contributed by atoms with E-state index in [0.717, 1.165) is 12.1 Å². The van der Waals surface area contributed by atoms with Crippen LogP contribution in [0.15, 0.2) is 36.4 Å². The van der Waals surface area contributed by atoms with Gasteiger partial charge in [0.1, 0.15) is 11.4 Å². The predicted molar refractivity (Wildman–Crippen MR) is 99.3 cm³/mol. The van der Waals surface area contributed by atoms with Gasteiger partial charge in [0.25, 0.3) is 5.91 Å². The van der Waals surface area contributed by atoms with Crippen molar-refractivity contribution in [2.45, 2.75) is 6.92 Å². The Labute approximate surface area is 156 Å². The second kappa shape index (κ2) is 8.98. The molecule has 0 saturated heterocycles. The number of halogens is 2. The van der Waals surface area contributed by atoms with E-state index in [1.54, 1.807) is 24.3 Å². The van der Waals surface area contributed by atoms with Gasteiger partial charge < -0.3 is 20.3 Å². The highest BCUT2D eigenvalue weighted by molar-refractivity contribution is 5.99. The number of carbonyl (C=O) groups excluding carboxylic acids is 2. The number of nitrogens with one attached hydrogen (secondary N) is 2. The number of anilines is 2. The molecule has 0 aromatic heterocycles. The maximum Gasteiger partial charge on any atom is 0.251 e. The molecule has 8 heteroatoms. The Morgan fingerprint density at radius 2 is 1.67 bits per heavy atom. The third-order valence-corrected chi connectivity index (χ3v) is 3.58. The van der Waals surface area contributed by atoms with Crippen LogP contribution >= 0.6 is 0 Å². The number of rotatable bonds is 7. The van der Waals surface area contributed by atoms with Gasteiger partial charge in [0.05, 0.1) is 13.2 Å². The summed E-state index contributed by atoms with van der Waals surface area (Å²) in [6, 6.07) is 8.48. The van der Waals surface area contributed by atoms with E-state index in [9.17, 15) is 18.4 Å². The molecule has 2 N–H and O–H groups in total. The first-order valence-electron chi connectivity index (χ1n) is 8.29. The predicted octanol–water partition coefficient (Wildman–Crippen LogP) is 2.80. The van der Waals surface area contributed by atoms with Crippen molar-refractivity contribution in [3.05, 3.63) is 53.6 Å². The molecule has 2 rings (SSSR count). The fourth-order valence-electron chi connectivity index (χ4n) is 2.40. The summed E-state index contributed by atoms with van der Waals surface area (Å²) < 4.78 is 33.1. The van der Waals surface area contributed by atoms with Crippen molar-refractivity contribution in [1.29, 1.82) is 0 Å². The summed E-state index contributed by atoms with van der Waals surface area (Å²) in [5.41, 5.74) is 0.131. The van der Waals surface area contributed by atoms with Gasteiger partial charge >= 0.3 is 0 Å². The molecule has 0 atom stereocenters. The van der Waals surface area contributed by atoms with Gasteiger partial charge in [0.15, 0.2) is 11.6 Å². The number of hydrogen-bond donors (Lipinski definition) is 2. The smallest absolute Gasteiger partial charge is 0.251 e. The van der Waals surface area contributed by atoms with Gasteiger partial charge in [-0.15, -0.1) is 0 Å². The van der Waals surface area contributed by atoms with E-state index in [4.69, 9.17) is 4.74 Å². The van der Waals surface area contributed by atoms with E-state index in [1.165, 1.54) is 19.0 Å². The Bertz CT molecular complexity index is 800. The van der Waals surface area contributed by atoms with Crippen LogP contribution in [-0.2, 0) is 4.79 Å². The van der Waals surface area contributed by atoms with Crippen LogP contribution in [0.25, 0.3) is 0 Å². The average Bonchev–Trinajstić information content (AvgIpc) is 2.59. The maximum atomic E-state index is 13.9. The zero-order chi connectivity index (χ0) is 20.0. The van der Waals surface area contributed by atoms with Gasteiger partial charge in [-0.05, 0) is 43.3 Å². The average molecular weight is 377 g/mol. The second-order valence-electron chi connectivity index (χ2n) is 5.87. The standard InChI is InChI=1S/C19H21F2N3O3/c1-4-27-14-7-5-12(6-8-14)19(26)22-11-17(25)23-13-9-15(20)18(24(2)3)16(21)10-13/h5-10H,4,11H2,1-3H3,(H,22,26)(H,23,25). The van der Waals surface area contributed by atoms with Crippen molar-refractivity contribution >= 4 is 23.2 Å². The normalized spacial score (nSPS) is 10.3. The van der Waals surface area contributed by atoms with Gasteiger partial charge in [-0.1, -0.05) is 0 Å². The van der Waals surface area contributed by atoms with Crippen molar-refractivity contribution < 1.29 is 23.1 Å². The molecule has 0 spiro atoms. The number of ether oxygens (including phenoxy) is 1. The summed E-state index contributed by atoms with van der Waals surface area (Å²) in [6.45, 7) is 2.03. The molecule has 0 unspecified atom stereocenters. The highest BCUT2D eigenvalue weighted by Crippen LogP contribution is 2.25. The van der Waals surface area contributed by atoms with Crippen LogP contribution in [0.1, 0.15) is 17.3 Å². The minimum atomic E-state index is -0.797. The molecular weight excluding hydrogens is 356 g/mol. The van der Waals surface area contributed by atoms with Gasteiger partial charge in [-0.25, -0.2) is 8.78 Å². The highest BCUT2D eigenvalue weighted by Gasteiger charge is 2.15. The molecule has 2 aromatic rings. The molecular formula is C19H21F2N3O3. The van der Waals surface area contributed by atoms with Crippen molar-refractivity contribution in [2.24, 2.45) is 0 Å². The fourth-order valence-corrected chi connectivity index (χ4v) is 2.40. The molecule has 27 heavy (non-hydrogen) atoms. The lowest BCUT2D eigenvalue weighted by Crippen LogP contribution is -2.32. The van der Waals surface area contributed by atoms with E-state index < -0.39 is 23.4 Å². The molecule has 2 amide bonds. The SMILES string of the molecule is CCOc1ccc(C(=O)NCC(=O)Nc2cc(F)c(N(C)C)c(F)c2)cc1. The van der Waals surface area contributed by atoms with Gasteiger partial charge in [0.2, 0.25) is 5.91 Å². The Hall–Kier alpha value is -3.16. The monoisotopic (exact) mass is 377 g/mol. The van der Waals surface area contributed by atoms with E-state index in [2.05, 4.69) is 10.6 Å². The molecule has 0 saturated carbocycles. The molecule has 0 aliphatic heterocycles. The van der Waals surface area contributed by atoms with Gasteiger partial charge in [-0.3, -0.25) is 9.59 Å². The van der Waals surface area contributed by atoms with Crippen LogP contribution < -0.4 is 20.3 Å². The van der Waals surface area contributed by atoms with Gasteiger partial charge in [0, 0.05) is 25.3 Å². The zero-order valence-electron chi connectivity index (χ0n) is 15.3. The topological polar surface area (TPSA) is 70.7 Å². The number of carbonyl (C=O) groups is 2. The largest absolute Gasteiger partial charge is 0.494 e. The Balaban J connectivity index is 1.93. The van der Waals surface area contributed by atoms with E-state index in [1.807, 2.05) is 6.92 Å². The summed E-state index contributed by atoms with van der Waals surface area (Å²) >= 11 is 0. The van der Waals surface area contributed by atoms with Gasteiger partial charge in [-0.2, -0.15) is 0 Å². The minimum Gasteiger partial charge on any atom is -0.494 e. The molecule has 0 radical (unpaired) electrons. The van der Waals surface area contributed by atoms with Crippen LogP contribution in [0.5, 0.6) is 5.75 Å². The Morgan fingerprint density at radius 1 is 1.07 bits per heavy atom. The van der Waals surface area contributed by atoms with Crippen LogP contribution in [0, 0.1) is 11.6 Å². The fraction of sp³-hybridized carbons (Fsp3) is 0.263. The second-order valence-corrected chi connectivity index (χ2v) is 5.87. The van der Waals surface area contributed by atoms with Crippen LogP contribution in [0.2, 0.25) is 0 Å². The Kier molecular flexibility index (Phi) is 6.70. The van der Waals surface area contributed by atoms with Crippen molar-refractivity contribution in [3.63, 3.8) is 0 Å². The van der Waals surface area contributed by atoms with Crippen molar-refractivity contribution in [2.75, 3.05) is 37.5 Å². The lowest BCUT2D eigenvalue weighted by atomic mass is 10.2. The first-order chi connectivity index (χ1) is 12.8. The molecule has 0 bridgehead atoms. The molecule has 0 heterocycles. The van der Waals surface area contributed by atoms with Crippen molar-refractivity contribution in [1.82, 2.24) is 5.32 Å². The highest BCUT2D eigenvalue weighted by atomic mass is 19.1. The van der Waals surface area contributed by atoms with Crippen LogP contribution in [0.3, 0.4) is 0 Å². The van der Waals surface area contributed by atoms with E-state index in [0.29, 0.717) is 17.9 Å². The number of benzene rings is 2.